The third-order valence-electron chi connectivity index (χ3n) is 4.48. The fraction of sp³-hybridized carbons (Fsp3) is 0.600. The van der Waals surface area contributed by atoms with Gasteiger partial charge in [-0.15, -0.1) is 0 Å². The molecule has 0 aromatic heterocycles. The average molecular weight is 218 g/mol. The van der Waals surface area contributed by atoms with Crippen molar-refractivity contribution in [3.05, 3.63) is 0 Å². The summed E-state index contributed by atoms with van der Waals surface area (Å²) in [5.41, 5.74) is 5.79. The third kappa shape index (κ3) is 0.643. The Kier molecular flexibility index (Phi) is 1.15. The van der Waals surface area contributed by atoms with E-state index in [1.165, 1.54) is 0 Å². The quantitative estimate of drug-likeness (QED) is 0.575. The molecule has 2 atom stereocenters. The third-order valence-corrected chi connectivity index (χ3v) is 4.48. The summed E-state index contributed by atoms with van der Waals surface area (Å²) in [5.74, 6) is -0.0595. The van der Waals surface area contributed by atoms with Crippen molar-refractivity contribution in [2.24, 2.45) is 21.0 Å². The van der Waals surface area contributed by atoms with Gasteiger partial charge in [-0.3, -0.25) is 9.59 Å². The SMILES string of the molecule is O=C1NN=C2CC34CCC12CC3=NNC4=O. The molecule has 3 fully saturated rings. The molecule has 3 saturated carbocycles. The number of hydrogen-bond acceptors (Lipinski definition) is 4. The highest BCUT2D eigenvalue weighted by atomic mass is 16.2. The number of carbonyl (C=O) groups is 2. The molecule has 2 spiro atoms. The van der Waals surface area contributed by atoms with Crippen molar-refractivity contribution in [2.45, 2.75) is 25.7 Å². The Hall–Kier alpha value is -1.72. The van der Waals surface area contributed by atoms with Gasteiger partial charge in [0.25, 0.3) is 11.8 Å². The van der Waals surface area contributed by atoms with Crippen LogP contribution in [0.15, 0.2) is 10.2 Å². The Morgan fingerprint density at radius 1 is 0.875 bits per heavy atom. The van der Waals surface area contributed by atoms with Gasteiger partial charge >= 0.3 is 0 Å². The number of hydrazone groups is 2. The maximum atomic E-state index is 11.9. The normalized spacial score (nSPS) is 43.2. The fourth-order valence-corrected chi connectivity index (χ4v) is 3.40. The zero-order valence-corrected chi connectivity index (χ0v) is 8.54. The minimum Gasteiger partial charge on any atom is -0.272 e. The average Bonchev–Trinajstić information content (AvgIpc) is 2.79. The maximum absolute atomic E-state index is 11.9. The van der Waals surface area contributed by atoms with E-state index in [2.05, 4.69) is 21.1 Å². The van der Waals surface area contributed by atoms with Crippen LogP contribution in [0, 0.1) is 10.8 Å². The molecule has 5 rings (SSSR count). The van der Waals surface area contributed by atoms with E-state index in [1.807, 2.05) is 0 Å². The monoisotopic (exact) mass is 218 g/mol. The lowest BCUT2D eigenvalue weighted by Gasteiger charge is -2.46. The molecule has 2 unspecified atom stereocenters. The Bertz CT molecular complexity index is 463. The van der Waals surface area contributed by atoms with E-state index in [0.29, 0.717) is 25.7 Å². The summed E-state index contributed by atoms with van der Waals surface area (Å²) in [5, 5.41) is 8.17. The van der Waals surface area contributed by atoms with Crippen LogP contribution in [0.25, 0.3) is 0 Å². The Morgan fingerprint density at radius 2 is 1.31 bits per heavy atom. The molecule has 6 heteroatoms. The second-order valence-corrected chi connectivity index (χ2v) is 5.02. The highest BCUT2D eigenvalue weighted by Crippen LogP contribution is 2.56. The standard InChI is InChI=1S/C10H10N4O2/c15-7-9-1-2-10(4-5(9)11-13-7)6(3-9)12-14-8(10)16/h1-4H2,(H,13,15)(H,14,16). The number of carbonyl (C=O) groups excluding carboxylic acids is 2. The summed E-state index contributed by atoms with van der Waals surface area (Å²) < 4.78 is 0. The predicted octanol–water partition coefficient (Wildman–Crippen LogP) is -0.482. The molecule has 0 saturated heterocycles. The molecule has 2 amide bonds. The van der Waals surface area contributed by atoms with Gasteiger partial charge in [0.1, 0.15) is 0 Å². The van der Waals surface area contributed by atoms with E-state index < -0.39 is 10.8 Å². The molecule has 6 nitrogen and oxygen atoms in total. The maximum Gasteiger partial charge on any atom is 0.252 e. The van der Waals surface area contributed by atoms with Gasteiger partial charge in [-0.25, -0.2) is 10.9 Å². The fourth-order valence-electron chi connectivity index (χ4n) is 3.40. The molecular formula is C10H10N4O2. The summed E-state index contributed by atoms with van der Waals surface area (Å²) in [7, 11) is 0. The second-order valence-electron chi connectivity index (χ2n) is 5.02. The van der Waals surface area contributed by atoms with Crippen LogP contribution in [-0.4, -0.2) is 23.2 Å². The van der Waals surface area contributed by atoms with Crippen LogP contribution in [0.5, 0.6) is 0 Å². The molecule has 82 valence electrons. The van der Waals surface area contributed by atoms with E-state index in [-0.39, 0.29) is 11.8 Å². The summed E-state index contributed by atoms with van der Waals surface area (Å²) in [4.78, 5) is 23.7. The lowest BCUT2D eigenvalue weighted by atomic mass is 9.52. The van der Waals surface area contributed by atoms with Crippen molar-refractivity contribution in [3.63, 3.8) is 0 Å². The first kappa shape index (κ1) is 8.43. The van der Waals surface area contributed by atoms with Crippen LogP contribution in [0.1, 0.15) is 25.7 Å². The van der Waals surface area contributed by atoms with Crippen LogP contribution >= 0.6 is 0 Å². The van der Waals surface area contributed by atoms with Gasteiger partial charge < -0.3 is 0 Å². The number of amides is 2. The molecule has 3 aliphatic carbocycles. The molecule has 5 aliphatic rings. The van der Waals surface area contributed by atoms with Crippen molar-refractivity contribution in [2.75, 3.05) is 0 Å². The van der Waals surface area contributed by atoms with Gasteiger partial charge in [-0.1, -0.05) is 0 Å². The first-order chi connectivity index (χ1) is 7.67. The van der Waals surface area contributed by atoms with Gasteiger partial charge in [0.05, 0.1) is 22.3 Å². The van der Waals surface area contributed by atoms with Crippen LogP contribution in [0.2, 0.25) is 0 Å². The van der Waals surface area contributed by atoms with Crippen molar-refractivity contribution in [1.82, 2.24) is 10.9 Å². The topological polar surface area (TPSA) is 82.9 Å². The first-order valence-electron chi connectivity index (χ1n) is 5.42. The van der Waals surface area contributed by atoms with E-state index in [1.54, 1.807) is 0 Å². The van der Waals surface area contributed by atoms with Crippen LogP contribution in [0.3, 0.4) is 0 Å². The lowest BCUT2D eigenvalue weighted by Crippen LogP contribution is -2.57. The van der Waals surface area contributed by atoms with Crippen molar-refractivity contribution in [1.29, 1.82) is 0 Å². The van der Waals surface area contributed by atoms with Crippen LogP contribution in [0.4, 0.5) is 0 Å². The number of fused-ring (bicyclic) bond motifs is 1. The molecule has 0 radical (unpaired) electrons. The summed E-state index contributed by atoms with van der Waals surface area (Å²) >= 11 is 0. The van der Waals surface area contributed by atoms with Gasteiger partial charge in [0.2, 0.25) is 0 Å². The number of rotatable bonds is 0. The molecule has 2 aliphatic heterocycles. The molecule has 2 N–H and O–H groups in total. The largest absolute Gasteiger partial charge is 0.272 e. The molecule has 0 aromatic rings. The zero-order valence-electron chi connectivity index (χ0n) is 8.54. The van der Waals surface area contributed by atoms with E-state index >= 15 is 0 Å². The molecule has 16 heavy (non-hydrogen) atoms. The molecule has 0 aromatic carbocycles. The highest BCUT2D eigenvalue weighted by molar-refractivity contribution is 6.26. The second kappa shape index (κ2) is 2.18. The van der Waals surface area contributed by atoms with Gasteiger partial charge in [-0.05, 0) is 12.8 Å². The smallest absolute Gasteiger partial charge is 0.252 e. The number of nitrogens with one attached hydrogen (secondary N) is 2. The Morgan fingerprint density at radius 3 is 1.75 bits per heavy atom. The molecule has 2 heterocycles. The predicted molar refractivity (Wildman–Crippen MR) is 54.5 cm³/mol. The van der Waals surface area contributed by atoms with Crippen molar-refractivity contribution in [3.8, 4) is 0 Å². The Balaban J connectivity index is 1.92. The van der Waals surface area contributed by atoms with Gasteiger partial charge in [-0.2, -0.15) is 10.2 Å². The number of nitrogens with zero attached hydrogens (tertiary/aromatic N) is 2. The van der Waals surface area contributed by atoms with Crippen molar-refractivity contribution >= 4 is 23.2 Å². The number of hydrogen-bond donors (Lipinski definition) is 2. The molecule has 2 bridgehead atoms. The molecular weight excluding hydrogens is 208 g/mol. The minimum atomic E-state index is -0.493. The summed E-state index contributed by atoms with van der Waals surface area (Å²) in [6, 6.07) is 0. The highest BCUT2D eigenvalue weighted by Gasteiger charge is 2.65. The zero-order chi connectivity index (χ0) is 11.0. The van der Waals surface area contributed by atoms with Crippen molar-refractivity contribution < 1.29 is 9.59 Å². The van der Waals surface area contributed by atoms with E-state index in [4.69, 9.17) is 0 Å². The van der Waals surface area contributed by atoms with E-state index in [0.717, 1.165) is 11.4 Å². The Labute approximate surface area is 91.2 Å². The minimum absolute atomic E-state index is 0.0298. The van der Waals surface area contributed by atoms with Crippen LogP contribution in [-0.2, 0) is 9.59 Å². The summed E-state index contributed by atoms with van der Waals surface area (Å²) in [6.45, 7) is 0. The first-order valence-corrected chi connectivity index (χ1v) is 5.42. The van der Waals surface area contributed by atoms with Gasteiger partial charge in [0, 0.05) is 12.8 Å². The van der Waals surface area contributed by atoms with E-state index in [9.17, 15) is 9.59 Å². The van der Waals surface area contributed by atoms with Gasteiger partial charge in [0.15, 0.2) is 0 Å². The lowest BCUT2D eigenvalue weighted by molar-refractivity contribution is -0.131. The van der Waals surface area contributed by atoms with Crippen LogP contribution < -0.4 is 10.9 Å². The summed E-state index contributed by atoms with van der Waals surface area (Å²) in [6.07, 6.45) is 2.53.